The zero-order valence-corrected chi connectivity index (χ0v) is 17.8. The Morgan fingerprint density at radius 2 is 2.07 bits per heavy atom. The molecule has 1 atom stereocenters. The quantitative estimate of drug-likeness (QED) is 0.634. The Morgan fingerprint density at radius 1 is 1.31 bits per heavy atom. The molecule has 154 valence electrons. The van der Waals surface area contributed by atoms with Crippen LogP contribution in [-0.2, 0) is 16.6 Å². The van der Waals surface area contributed by atoms with E-state index in [0.717, 1.165) is 24.1 Å². The van der Waals surface area contributed by atoms with Gasteiger partial charge in [0.1, 0.15) is 4.90 Å². The lowest BCUT2D eigenvalue weighted by atomic mass is 10.2. The van der Waals surface area contributed by atoms with Crippen LogP contribution in [0.15, 0.2) is 33.9 Å². The van der Waals surface area contributed by atoms with Crippen molar-refractivity contribution in [2.24, 2.45) is 0 Å². The molecule has 0 radical (unpaired) electrons. The van der Waals surface area contributed by atoms with Crippen molar-refractivity contribution in [3.8, 4) is 11.5 Å². The maximum absolute atomic E-state index is 13.4. The van der Waals surface area contributed by atoms with Crippen molar-refractivity contribution in [3.63, 3.8) is 0 Å². The van der Waals surface area contributed by atoms with Crippen LogP contribution in [-0.4, -0.2) is 28.1 Å². The Hall–Kier alpha value is -2.52. The summed E-state index contributed by atoms with van der Waals surface area (Å²) in [6.07, 6.45) is 5.40. The van der Waals surface area contributed by atoms with Gasteiger partial charge in [-0.2, -0.15) is 4.98 Å². The van der Waals surface area contributed by atoms with Crippen LogP contribution in [0.25, 0.3) is 11.5 Å². The van der Waals surface area contributed by atoms with Gasteiger partial charge in [-0.05, 0) is 52.2 Å². The first kappa shape index (κ1) is 19.8. The lowest BCUT2D eigenvalue weighted by molar-refractivity contribution is 0.421. The van der Waals surface area contributed by atoms with Crippen molar-refractivity contribution in [1.82, 2.24) is 24.4 Å². The molecule has 3 heterocycles. The molecule has 0 spiro atoms. The molecule has 1 aliphatic rings. The summed E-state index contributed by atoms with van der Waals surface area (Å²) in [5.41, 5.74) is 2.72. The molecule has 0 aliphatic heterocycles. The fourth-order valence-electron chi connectivity index (χ4n) is 3.74. The predicted octanol–water partition coefficient (Wildman–Crippen LogP) is 3.49. The molecule has 3 aromatic rings. The van der Waals surface area contributed by atoms with Crippen molar-refractivity contribution in [1.29, 1.82) is 0 Å². The molecule has 1 N–H and O–H groups in total. The maximum Gasteiger partial charge on any atom is 0.261 e. The number of nitrogens with one attached hydrogen (secondary N) is 1. The standard InChI is InChI=1S/C20H25N5O3S/c1-5-25-13(3)17(20-22-19(23-28-20)15-8-9-15)18(14(25)4)29(26,27)24-12(2)16-7-6-10-21-11-16/h6-7,10-12,15,24H,5,8-9H2,1-4H3. The minimum Gasteiger partial charge on any atom is -0.347 e. The van der Waals surface area contributed by atoms with E-state index in [4.69, 9.17) is 4.52 Å². The molecule has 0 aromatic carbocycles. The summed E-state index contributed by atoms with van der Waals surface area (Å²) in [7, 11) is -3.85. The number of aromatic nitrogens is 4. The smallest absolute Gasteiger partial charge is 0.261 e. The number of hydrogen-bond acceptors (Lipinski definition) is 6. The van der Waals surface area contributed by atoms with Crippen LogP contribution in [0, 0.1) is 13.8 Å². The number of nitrogens with zero attached hydrogens (tertiary/aromatic N) is 4. The van der Waals surface area contributed by atoms with Gasteiger partial charge in [-0.1, -0.05) is 11.2 Å². The van der Waals surface area contributed by atoms with Gasteiger partial charge in [-0.3, -0.25) is 4.98 Å². The molecule has 0 saturated heterocycles. The van der Waals surface area contributed by atoms with Crippen LogP contribution >= 0.6 is 0 Å². The lowest BCUT2D eigenvalue weighted by Gasteiger charge is -2.15. The largest absolute Gasteiger partial charge is 0.347 e. The third kappa shape index (κ3) is 3.60. The molecule has 4 rings (SSSR count). The Balaban J connectivity index is 1.79. The third-order valence-corrected chi connectivity index (χ3v) is 7.13. The number of hydrogen-bond donors (Lipinski definition) is 1. The first-order valence-corrected chi connectivity index (χ1v) is 11.3. The number of sulfonamides is 1. The first-order chi connectivity index (χ1) is 13.8. The van der Waals surface area contributed by atoms with Crippen molar-refractivity contribution < 1.29 is 12.9 Å². The molecule has 1 saturated carbocycles. The SMILES string of the molecule is CCn1c(C)c(-c2nc(C3CC3)no2)c(S(=O)(=O)NC(C)c2cccnc2)c1C. The monoisotopic (exact) mass is 415 g/mol. The van der Waals surface area contributed by atoms with Crippen LogP contribution in [0.2, 0.25) is 0 Å². The second-order valence-electron chi connectivity index (χ2n) is 7.48. The van der Waals surface area contributed by atoms with Crippen LogP contribution < -0.4 is 4.72 Å². The third-order valence-electron chi connectivity index (χ3n) is 5.43. The van der Waals surface area contributed by atoms with E-state index in [2.05, 4.69) is 19.8 Å². The van der Waals surface area contributed by atoms with Crippen LogP contribution in [0.3, 0.4) is 0 Å². The molecular formula is C20H25N5O3S. The van der Waals surface area contributed by atoms with Gasteiger partial charge in [-0.25, -0.2) is 13.1 Å². The highest BCUT2D eigenvalue weighted by Gasteiger charge is 2.34. The van der Waals surface area contributed by atoms with E-state index in [1.165, 1.54) is 0 Å². The summed E-state index contributed by atoms with van der Waals surface area (Å²) in [6, 6.07) is 3.19. The molecule has 1 unspecified atom stereocenters. The van der Waals surface area contributed by atoms with E-state index in [1.807, 2.05) is 31.4 Å². The summed E-state index contributed by atoms with van der Waals surface area (Å²) in [5.74, 6) is 1.24. The second-order valence-corrected chi connectivity index (χ2v) is 9.13. The Labute approximate surface area is 170 Å². The minimum atomic E-state index is -3.85. The maximum atomic E-state index is 13.4. The van der Waals surface area contributed by atoms with E-state index in [-0.39, 0.29) is 10.8 Å². The van der Waals surface area contributed by atoms with E-state index in [9.17, 15) is 8.42 Å². The predicted molar refractivity (Wildman–Crippen MR) is 108 cm³/mol. The summed E-state index contributed by atoms with van der Waals surface area (Å²) < 4.78 is 37.1. The van der Waals surface area contributed by atoms with Gasteiger partial charge in [-0.15, -0.1) is 0 Å². The summed E-state index contributed by atoms with van der Waals surface area (Å²) >= 11 is 0. The van der Waals surface area contributed by atoms with Gasteiger partial charge in [0.15, 0.2) is 5.82 Å². The highest BCUT2D eigenvalue weighted by Crippen LogP contribution is 2.41. The van der Waals surface area contributed by atoms with Crippen LogP contribution in [0.4, 0.5) is 0 Å². The van der Waals surface area contributed by atoms with Gasteiger partial charge in [0, 0.05) is 42.3 Å². The van der Waals surface area contributed by atoms with Gasteiger partial charge in [0.2, 0.25) is 10.0 Å². The summed E-state index contributed by atoms with van der Waals surface area (Å²) in [6.45, 7) is 8.11. The Bertz CT molecular complexity index is 1130. The molecular weight excluding hydrogens is 390 g/mol. The molecule has 8 nitrogen and oxygen atoms in total. The van der Waals surface area contributed by atoms with E-state index < -0.39 is 16.1 Å². The Kier molecular flexibility index (Phi) is 5.04. The first-order valence-electron chi connectivity index (χ1n) is 9.79. The van der Waals surface area contributed by atoms with Crippen LogP contribution in [0.5, 0.6) is 0 Å². The second kappa shape index (κ2) is 7.38. The summed E-state index contributed by atoms with van der Waals surface area (Å²) in [5, 5.41) is 4.07. The fraction of sp³-hybridized carbons (Fsp3) is 0.450. The molecule has 3 aromatic heterocycles. The molecule has 9 heteroatoms. The molecule has 1 aliphatic carbocycles. The summed E-state index contributed by atoms with van der Waals surface area (Å²) in [4.78, 5) is 8.78. The van der Waals surface area contributed by atoms with Crippen molar-refractivity contribution in [2.45, 2.75) is 63.9 Å². The molecule has 29 heavy (non-hydrogen) atoms. The molecule has 0 bridgehead atoms. The van der Waals surface area contributed by atoms with Gasteiger partial charge in [0.25, 0.3) is 5.89 Å². The van der Waals surface area contributed by atoms with E-state index >= 15 is 0 Å². The minimum absolute atomic E-state index is 0.193. The van der Waals surface area contributed by atoms with E-state index in [1.54, 1.807) is 25.4 Å². The topological polar surface area (TPSA) is 103 Å². The van der Waals surface area contributed by atoms with Gasteiger partial charge in [0.05, 0.1) is 5.56 Å². The fourth-order valence-corrected chi connectivity index (χ4v) is 5.47. The number of rotatable bonds is 7. The number of pyridine rings is 1. The average molecular weight is 416 g/mol. The molecule has 1 fully saturated rings. The average Bonchev–Trinajstić information content (AvgIpc) is 3.37. The highest BCUT2D eigenvalue weighted by atomic mass is 32.2. The van der Waals surface area contributed by atoms with Crippen LogP contribution in [0.1, 0.15) is 61.4 Å². The van der Waals surface area contributed by atoms with Crippen molar-refractivity contribution >= 4 is 10.0 Å². The zero-order chi connectivity index (χ0) is 20.8. The zero-order valence-electron chi connectivity index (χ0n) is 17.0. The van der Waals surface area contributed by atoms with E-state index in [0.29, 0.717) is 29.5 Å². The normalized spacial score (nSPS) is 15.6. The van der Waals surface area contributed by atoms with Crippen molar-refractivity contribution in [2.75, 3.05) is 0 Å². The van der Waals surface area contributed by atoms with Gasteiger partial charge < -0.3 is 9.09 Å². The highest BCUT2D eigenvalue weighted by molar-refractivity contribution is 7.89. The van der Waals surface area contributed by atoms with Crippen molar-refractivity contribution in [3.05, 3.63) is 47.3 Å². The Morgan fingerprint density at radius 3 is 2.69 bits per heavy atom. The molecule has 0 amide bonds. The van der Waals surface area contributed by atoms with Gasteiger partial charge >= 0.3 is 0 Å². The lowest BCUT2D eigenvalue weighted by Crippen LogP contribution is -2.27.